The molecule has 35 heavy (non-hydrogen) atoms. The van der Waals surface area contributed by atoms with Gasteiger partial charge >= 0.3 is 6.09 Å². The van der Waals surface area contributed by atoms with E-state index in [9.17, 15) is 4.79 Å². The number of carbonyl (C=O) groups is 1. The van der Waals surface area contributed by atoms with Gasteiger partial charge in [0.05, 0.1) is 12.1 Å². The zero-order valence-corrected chi connectivity index (χ0v) is 19.5. The number of piperazine rings is 1. The Labute approximate surface area is 204 Å². The Bertz CT molecular complexity index is 1240. The van der Waals surface area contributed by atoms with Gasteiger partial charge in [0.25, 0.3) is 0 Å². The van der Waals surface area contributed by atoms with Gasteiger partial charge in [-0.3, -0.25) is 9.88 Å². The van der Waals surface area contributed by atoms with Crippen molar-refractivity contribution in [1.29, 1.82) is 0 Å². The van der Waals surface area contributed by atoms with Crippen LogP contribution < -0.4 is 4.90 Å². The van der Waals surface area contributed by atoms with Crippen LogP contribution in [-0.2, 0) is 14.2 Å². The predicted octanol–water partition coefficient (Wildman–Crippen LogP) is 4.14. The van der Waals surface area contributed by atoms with E-state index in [1.165, 1.54) is 22.2 Å². The van der Waals surface area contributed by atoms with E-state index in [2.05, 4.69) is 39.1 Å². The second-order valence-electron chi connectivity index (χ2n) is 9.09. The third-order valence-corrected chi connectivity index (χ3v) is 6.83. The highest BCUT2D eigenvalue weighted by Gasteiger charge is 2.37. The zero-order chi connectivity index (χ0) is 23.6. The molecule has 6 rings (SSSR count). The largest absolute Gasteiger partial charge is 0.463 e. The number of para-hydroxylation sites is 1. The van der Waals surface area contributed by atoms with Gasteiger partial charge in [-0.2, -0.15) is 0 Å². The first-order valence-corrected chi connectivity index (χ1v) is 12.1. The van der Waals surface area contributed by atoms with Gasteiger partial charge < -0.3 is 19.1 Å². The van der Waals surface area contributed by atoms with Gasteiger partial charge in [0, 0.05) is 50.0 Å². The molecular weight excluding hydrogens is 444 g/mol. The van der Waals surface area contributed by atoms with Crippen LogP contribution in [-0.4, -0.2) is 66.2 Å². The lowest BCUT2D eigenvalue weighted by atomic mass is 10.0. The molecule has 1 aromatic carbocycles. The first kappa shape index (κ1) is 21.7. The smallest absolute Gasteiger partial charge is 0.417 e. The quantitative estimate of drug-likeness (QED) is 0.648. The van der Waals surface area contributed by atoms with E-state index in [4.69, 9.17) is 14.2 Å². The number of hydrogen-bond acceptors (Lipinski definition) is 7. The lowest BCUT2D eigenvalue weighted by molar-refractivity contribution is 0.101. The van der Waals surface area contributed by atoms with Crippen LogP contribution in [0.25, 0.3) is 10.9 Å². The second kappa shape index (κ2) is 9.46. The molecule has 2 fully saturated rings. The Morgan fingerprint density at radius 2 is 1.94 bits per heavy atom. The SMILES string of the molecule is O=C1O[C@H](CN2CCN(c3ccnc4ccccc34)CC2)CN1C1=COC=C(C2=CC=CCC2)O1. The summed E-state index contributed by atoms with van der Waals surface area (Å²) in [5, 5.41) is 1.18. The lowest BCUT2D eigenvalue weighted by Crippen LogP contribution is -2.49. The molecule has 180 valence electrons. The van der Waals surface area contributed by atoms with Crippen molar-refractivity contribution in [1.82, 2.24) is 14.8 Å². The van der Waals surface area contributed by atoms with Crippen molar-refractivity contribution in [3.05, 3.63) is 84.5 Å². The van der Waals surface area contributed by atoms with E-state index in [1.807, 2.05) is 30.5 Å². The average molecular weight is 473 g/mol. The van der Waals surface area contributed by atoms with Crippen LogP contribution in [0.2, 0.25) is 0 Å². The molecule has 0 radical (unpaired) electrons. The summed E-state index contributed by atoms with van der Waals surface area (Å²) in [5.41, 5.74) is 3.30. The molecule has 8 nitrogen and oxygen atoms in total. The number of anilines is 1. The zero-order valence-electron chi connectivity index (χ0n) is 19.5. The van der Waals surface area contributed by atoms with Crippen molar-refractivity contribution in [2.24, 2.45) is 0 Å². The van der Waals surface area contributed by atoms with Crippen molar-refractivity contribution < 1.29 is 19.0 Å². The summed E-state index contributed by atoms with van der Waals surface area (Å²) in [5.74, 6) is 1.02. The van der Waals surface area contributed by atoms with E-state index in [-0.39, 0.29) is 6.10 Å². The van der Waals surface area contributed by atoms with Gasteiger partial charge in [0.1, 0.15) is 12.4 Å². The standard InChI is InChI=1S/C27H28N4O4/c32-27-31(26-19-33-18-25(35-26)20-6-2-1-3-7-20)17-21(34-27)16-29-12-14-30(15-13-29)24-10-11-28-23-9-5-4-8-22(23)24/h1-2,4-6,8-11,18-19,21H,3,7,12-17H2/t21-/m1/s1. The third-order valence-electron chi connectivity index (χ3n) is 6.83. The summed E-state index contributed by atoms with van der Waals surface area (Å²) in [6.45, 7) is 4.77. The number of amides is 1. The van der Waals surface area contributed by atoms with E-state index in [0.717, 1.165) is 50.1 Å². The van der Waals surface area contributed by atoms with Gasteiger partial charge in [-0.1, -0.05) is 36.4 Å². The van der Waals surface area contributed by atoms with Crippen LogP contribution >= 0.6 is 0 Å². The fraction of sp³-hybridized carbons (Fsp3) is 0.333. The fourth-order valence-corrected chi connectivity index (χ4v) is 5.00. The summed E-state index contributed by atoms with van der Waals surface area (Å²) in [4.78, 5) is 23.4. The number of allylic oxidation sites excluding steroid dienone is 4. The van der Waals surface area contributed by atoms with Gasteiger partial charge in [-0.15, -0.1) is 0 Å². The maximum absolute atomic E-state index is 12.6. The third kappa shape index (κ3) is 4.49. The highest BCUT2D eigenvalue weighted by molar-refractivity contribution is 5.91. The van der Waals surface area contributed by atoms with Crippen molar-refractivity contribution in [2.75, 3.05) is 44.2 Å². The number of hydrogen-bond donors (Lipinski definition) is 0. The molecule has 0 saturated carbocycles. The summed E-state index contributed by atoms with van der Waals surface area (Å²) in [6.07, 6.45) is 12.3. The Morgan fingerprint density at radius 3 is 2.80 bits per heavy atom. The number of pyridine rings is 1. The number of fused-ring (bicyclic) bond motifs is 1. The number of cyclic esters (lactones) is 1. The molecule has 0 unspecified atom stereocenters. The number of rotatable bonds is 5. The molecule has 0 bridgehead atoms. The Hall–Kier alpha value is -3.78. The van der Waals surface area contributed by atoms with Gasteiger partial charge in [-0.25, -0.2) is 9.69 Å². The van der Waals surface area contributed by atoms with Crippen LogP contribution in [0.1, 0.15) is 12.8 Å². The van der Waals surface area contributed by atoms with Gasteiger partial charge in [0.15, 0.2) is 12.0 Å². The summed E-state index contributed by atoms with van der Waals surface area (Å²) in [6, 6.07) is 10.4. The maximum atomic E-state index is 12.6. The number of carbonyl (C=O) groups excluding carboxylic acids is 1. The average Bonchev–Trinajstić information content (AvgIpc) is 3.29. The molecule has 1 aliphatic carbocycles. The molecule has 4 heterocycles. The minimum absolute atomic E-state index is 0.216. The molecule has 4 aliphatic rings. The van der Waals surface area contributed by atoms with E-state index in [0.29, 0.717) is 24.7 Å². The van der Waals surface area contributed by atoms with Crippen molar-refractivity contribution >= 4 is 22.7 Å². The predicted molar refractivity (Wildman–Crippen MR) is 132 cm³/mol. The molecule has 3 aliphatic heterocycles. The highest BCUT2D eigenvalue weighted by Crippen LogP contribution is 2.30. The molecule has 1 aromatic heterocycles. The van der Waals surface area contributed by atoms with E-state index in [1.54, 1.807) is 6.26 Å². The minimum atomic E-state index is -0.398. The van der Waals surface area contributed by atoms with E-state index >= 15 is 0 Å². The van der Waals surface area contributed by atoms with Crippen LogP contribution in [0, 0.1) is 0 Å². The number of aromatic nitrogens is 1. The van der Waals surface area contributed by atoms with Gasteiger partial charge in [-0.05, 0) is 30.5 Å². The summed E-state index contributed by atoms with van der Waals surface area (Å²) >= 11 is 0. The topological polar surface area (TPSA) is 67.4 Å². The molecule has 1 atom stereocenters. The lowest BCUT2D eigenvalue weighted by Gasteiger charge is -2.37. The second-order valence-corrected chi connectivity index (χ2v) is 9.09. The molecule has 2 saturated heterocycles. The van der Waals surface area contributed by atoms with Crippen LogP contribution in [0.4, 0.5) is 10.5 Å². The summed E-state index contributed by atoms with van der Waals surface area (Å²) in [7, 11) is 0. The van der Waals surface area contributed by atoms with Crippen molar-refractivity contribution in [2.45, 2.75) is 18.9 Å². The Balaban J connectivity index is 1.04. The van der Waals surface area contributed by atoms with Crippen molar-refractivity contribution in [3.8, 4) is 0 Å². The first-order chi connectivity index (χ1) is 17.2. The highest BCUT2D eigenvalue weighted by atomic mass is 16.6. The Kier molecular flexibility index (Phi) is 5.88. The first-order valence-electron chi connectivity index (χ1n) is 12.1. The molecule has 0 N–H and O–H groups in total. The van der Waals surface area contributed by atoms with E-state index < -0.39 is 6.09 Å². The van der Waals surface area contributed by atoms with Crippen LogP contribution in [0.3, 0.4) is 0 Å². The Morgan fingerprint density at radius 1 is 1.06 bits per heavy atom. The number of ether oxygens (including phenoxy) is 3. The van der Waals surface area contributed by atoms with Crippen LogP contribution in [0.15, 0.2) is 84.5 Å². The van der Waals surface area contributed by atoms with Gasteiger partial charge in [0.2, 0.25) is 5.88 Å². The normalized spacial score (nSPS) is 22.8. The molecule has 1 amide bonds. The monoisotopic (exact) mass is 472 g/mol. The molecular formula is C27H28N4O4. The summed E-state index contributed by atoms with van der Waals surface area (Å²) < 4.78 is 17.2. The maximum Gasteiger partial charge on any atom is 0.417 e. The van der Waals surface area contributed by atoms with Crippen LogP contribution in [0.5, 0.6) is 0 Å². The number of nitrogens with zero attached hydrogens (tertiary/aromatic N) is 4. The molecule has 0 spiro atoms. The molecule has 2 aromatic rings. The minimum Gasteiger partial charge on any atom is -0.463 e. The fourth-order valence-electron chi connectivity index (χ4n) is 5.00. The van der Waals surface area contributed by atoms with Crippen molar-refractivity contribution in [3.63, 3.8) is 0 Å². The number of benzene rings is 1. The molecule has 8 heteroatoms.